The van der Waals surface area contributed by atoms with E-state index in [0.29, 0.717) is 31.1 Å². The number of benzene rings is 2. The second-order valence-electron chi connectivity index (χ2n) is 5.59. The molecule has 7 heteroatoms. The van der Waals surface area contributed by atoms with Crippen LogP contribution in [0.15, 0.2) is 47.4 Å². The Labute approximate surface area is 153 Å². The number of hydrogen-bond acceptors (Lipinski definition) is 3. The van der Waals surface area contributed by atoms with Crippen molar-refractivity contribution in [3.8, 4) is 0 Å². The fourth-order valence-corrected chi connectivity index (χ4v) is 4.07. The van der Waals surface area contributed by atoms with Gasteiger partial charge in [0.2, 0.25) is 10.0 Å². The molecule has 1 N–H and O–H groups in total. The molecule has 0 saturated carbocycles. The predicted octanol–water partition coefficient (Wildman–Crippen LogP) is 3.80. The van der Waals surface area contributed by atoms with Crippen molar-refractivity contribution in [1.82, 2.24) is 9.62 Å². The van der Waals surface area contributed by atoms with Gasteiger partial charge in [-0.15, -0.1) is 0 Å². The van der Waals surface area contributed by atoms with Gasteiger partial charge in [0, 0.05) is 26.2 Å². The van der Waals surface area contributed by atoms with Gasteiger partial charge in [-0.25, -0.2) is 12.8 Å². The lowest BCUT2D eigenvalue weighted by atomic mass is 10.2. The Morgan fingerprint density at radius 2 is 1.56 bits per heavy atom. The van der Waals surface area contributed by atoms with Crippen LogP contribution in [0, 0.1) is 5.82 Å². The molecule has 136 valence electrons. The van der Waals surface area contributed by atoms with Crippen LogP contribution in [0.5, 0.6) is 0 Å². The summed E-state index contributed by atoms with van der Waals surface area (Å²) in [7, 11) is -3.43. The molecule has 0 aliphatic rings. The molecule has 25 heavy (non-hydrogen) atoms. The van der Waals surface area contributed by atoms with E-state index in [4.69, 9.17) is 11.6 Å². The highest BCUT2D eigenvalue weighted by Gasteiger charge is 2.20. The minimum absolute atomic E-state index is 0.105. The maximum absolute atomic E-state index is 13.4. The standard InChI is InChI=1S/C18H22ClFN2O2S/c1-3-22(4-2)25(23,24)16-8-5-14(6-9-16)12-21-13-15-7-10-17(19)18(20)11-15/h5-11,21H,3-4,12-13H2,1-2H3. The molecule has 0 spiro atoms. The van der Waals surface area contributed by atoms with Crippen molar-refractivity contribution in [2.75, 3.05) is 13.1 Å². The lowest BCUT2D eigenvalue weighted by molar-refractivity contribution is 0.445. The van der Waals surface area contributed by atoms with Crippen molar-refractivity contribution in [1.29, 1.82) is 0 Å². The van der Waals surface area contributed by atoms with Gasteiger partial charge in [0.15, 0.2) is 0 Å². The van der Waals surface area contributed by atoms with E-state index >= 15 is 0 Å². The third-order valence-corrected chi connectivity index (χ3v) is 6.28. The van der Waals surface area contributed by atoms with Crippen molar-refractivity contribution in [3.63, 3.8) is 0 Å². The van der Waals surface area contributed by atoms with Crippen LogP contribution < -0.4 is 5.32 Å². The molecule has 0 aliphatic heterocycles. The molecule has 0 saturated heterocycles. The first-order chi connectivity index (χ1) is 11.9. The summed E-state index contributed by atoms with van der Waals surface area (Å²) in [6, 6.07) is 11.5. The van der Waals surface area contributed by atoms with Gasteiger partial charge in [0.05, 0.1) is 9.92 Å². The number of nitrogens with one attached hydrogen (secondary N) is 1. The van der Waals surface area contributed by atoms with Crippen LogP contribution in [0.2, 0.25) is 5.02 Å². The number of sulfonamides is 1. The molecule has 0 amide bonds. The number of halogens is 2. The van der Waals surface area contributed by atoms with E-state index in [0.717, 1.165) is 11.1 Å². The van der Waals surface area contributed by atoms with E-state index < -0.39 is 15.8 Å². The third kappa shape index (κ3) is 5.01. The SMILES string of the molecule is CCN(CC)S(=O)(=O)c1ccc(CNCc2ccc(Cl)c(F)c2)cc1. The van der Waals surface area contributed by atoms with Crippen LogP contribution in [0.3, 0.4) is 0 Å². The van der Waals surface area contributed by atoms with Gasteiger partial charge < -0.3 is 5.32 Å². The van der Waals surface area contributed by atoms with Crippen LogP contribution in [-0.2, 0) is 23.1 Å². The van der Waals surface area contributed by atoms with Gasteiger partial charge in [-0.05, 0) is 35.4 Å². The van der Waals surface area contributed by atoms with Gasteiger partial charge in [-0.3, -0.25) is 0 Å². The normalized spacial score (nSPS) is 11.9. The molecule has 0 atom stereocenters. The molecule has 0 fully saturated rings. The van der Waals surface area contributed by atoms with E-state index in [1.165, 1.54) is 16.4 Å². The first-order valence-corrected chi connectivity index (χ1v) is 9.94. The molecule has 0 heterocycles. The number of nitrogens with zero attached hydrogens (tertiary/aromatic N) is 1. The van der Waals surface area contributed by atoms with Crippen LogP contribution in [-0.4, -0.2) is 25.8 Å². The first-order valence-electron chi connectivity index (χ1n) is 8.12. The average Bonchev–Trinajstić information content (AvgIpc) is 2.59. The van der Waals surface area contributed by atoms with Gasteiger partial charge in [-0.2, -0.15) is 4.31 Å². The lowest BCUT2D eigenvalue weighted by Crippen LogP contribution is -2.30. The summed E-state index contributed by atoms with van der Waals surface area (Å²) in [5.74, 6) is -0.438. The Bertz CT molecular complexity index is 806. The first kappa shape index (κ1) is 19.8. The van der Waals surface area contributed by atoms with Gasteiger partial charge in [-0.1, -0.05) is 43.6 Å². The highest BCUT2D eigenvalue weighted by atomic mass is 35.5. The molecule has 2 rings (SSSR count). The van der Waals surface area contributed by atoms with Gasteiger partial charge in [0.25, 0.3) is 0 Å². The Morgan fingerprint density at radius 1 is 1.00 bits per heavy atom. The van der Waals surface area contributed by atoms with Crippen LogP contribution in [0.25, 0.3) is 0 Å². The topological polar surface area (TPSA) is 49.4 Å². The molecule has 0 bridgehead atoms. The van der Waals surface area contributed by atoms with E-state index in [1.54, 1.807) is 30.3 Å². The molecule has 4 nitrogen and oxygen atoms in total. The quantitative estimate of drug-likeness (QED) is 0.753. The fourth-order valence-electron chi connectivity index (χ4n) is 2.49. The maximum atomic E-state index is 13.4. The summed E-state index contributed by atoms with van der Waals surface area (Å²) in [6.45, 7) is 5.57. The highest BCUT2D eigenvalue weighted by Crippen LogP contribution is 2.17. The number of rotatable bonds is 8. The molecular weight excluding hydrogens is 363 g/mol. The zero-order chi connectivity index (χ0) is 18.4. The van der Waals surface area contributed by atoms with E-state index in [1.807, 2.05) is 13.8 Å². The summed E-state index contributed by atoms with van der Waals surface area (Å²) in [5, 5.41) is 3.30. The van der Waals surface area contributed by atoms with Gasteiger partial charge in [0.1, 0.15) is 5.82 Å². The monoisotopic (exact) mass is 384 g/mol. The van der Waals surface area contributed by atoms with Crippen molar-refractivity contribution < 1.29 is 12.8 Å². The predicted molar refractivity (Wildman–Crippen MR) is 98.5 cm³/mol. The zero-order valence-electron chi connectivity index (χ0n) is 14.3. The second-order valence-corrected chi connectivity index (χ2v) is 7.93. The van der Waals surface area contributed by atoms with Crippen LogP contribution >= 0.6 is 11.6 Å². The Morgan fingerprint density at radius 3 is 2.12 bits per heavy atom. The van der Waals surface area contributed by atoms with Crippen molar-refractivity contribution >= 4 is 21.6 Å². The van der Waals surface area contributed by atoms with Crippen LogP contribution in [0.1, 0.15) is 25.0 Å². The van der Waals surface area contributed by atoms with Crippen molar-refractivity contribution in [2.45, 2.75) is 31.8 Å². The molecule has 0 unspecified atom stereocenters. The van der Waals surface area contributed by atoms with E-state index in [9.17, 15) is 12.8 Å². The fraction of sp³-hybridized carbons (Fsp3) is 0.333. The largest absolute Gasteiger partial charge is 0.309 e. The average molecular weight is 385 g/mol. The number of hydrogen-bond donors (Lipinski definition) is 1. The minimum Gasteiger partial charge on any atom is -0.309 e. The summed E-state index contributed by atoms with van der Waals surface area (Å²) in [6.07, 6.45) is 0. The van der Waals surface area contributed by atoms with Gasteiger partial charge >= 0.3 is 0 Å². The van der Waals surface area contributed by atoms with Crippen molar-refractivity contribution in [2.24, 2.45) is 0 Å². The zero-order valence-corrected chi connectivity index (χ0v) is 15.9. The lowest BCUT2D eigenvalue weighted by Gasteiger charge is -2.18. The molecule has 0 aliphatic carbocycles. The van der Waals surface area contributed by atoms with E-state index in [-0.39, 0.29) is 5.02 Å². The summed E-state index contributed by atoms with van der Waals surface area (Å²) in [4.78, 5) is 0.291. The molecular formula is C18H22ClFN2O2S. The molecule has 0 aromatic heterocycles. The molecule has 0 radical (unpaired) electrons. The van der Waals surface area contributed by atoms with Crippen LogP contribution in [0.4, 0.5) is 4.39 Å². The molecule has 2 aromatic rings. The summed E-state index contributed by atoms with van der Waals surface area (Å²) in [5.41, 5.74) is 1.75. The highest BCUT2D eigenvalue weighted by molar-refractivity contribution is 7.89. The Hall–Kier alpha value is -1.47. The van der Waals surface area contributed by atoms with E-state index in [2.05, 4.69) is 5.32 Å². The summed E-state index contributed by atoms with van der Waals surface area (Å²) >= 11 is 5.66. The maximum Gasteiger partial charge on any atom is 0.243 e. The third-order valence-electron chi connectivity index (χ3n) is 3.91. The molecule has 2 aromatic carbocycles. The second kappa shape index (κ2) is 8.76. The summed E-state index contributed by atoms with van der Waals surface area (Å²) < 4.78 is 39.7. The van der Waals surface area contributed by atoms with Crippen molar-refractivity contribution in [3.05, 3.63) is 64.4 Å². The minimum atomic E-state index is -3.43. The Kier molecular flexibility index (Phi) is 6.95. The smallest absolute Gasteiger partial charge is 0.243 e. The Balaban J connectivity index is 1.97.